The highest BCUT2D eigenvalue weighted by Crippen LogP contribution is 2.23. The maximum Gasteiger partial charge on any atom is 0.326 e. The predicted molar refractivity (Wildman–Crippen MR) is 147 cm³/mol. The number of benzene rings is 1. The number of unbranched alkanes of at least 4 members (excludes halogenated alkanes) is 2. The van der Waals surface area contributed by atoms with E-state index in [0.29, 0.717) is 29.2 Å². The normalized spacial score (nSPS) is 12.8. The molecule has 0 spiro atoms. The summed E-state index contributed by atoms with van der Waals surface area (Å²) in [5.41, 5.74) is 0.593. The van der Waals surface area contributed by atoms with Gasteiger partial charge in [-0.15, -0.1) is 0 Å². The Bertz CT molecular complexity index is 1240. The second-order valence-electron chi connectivity index (χ2n) is 9.49. The van der Waals surface area contributed by atoms with Crippen LogP contribution >= 0.6 is 0 Å². The number of amides is 4. The Morgan fingerprint density at radius 1 is 0.952 bits per heavy atom. The highest BCUT2D eigenvalue weighted by atomic mass is 16.5. The molecule has 14 heteroatoms. The zero-order valence-electron chi connectivity index (χ0n) is 23.4. The number of furan rings is 1. The third-order valence-corrected chi connectivity index (χ3v) is 6.54. The molecule has 0 bridgehead atoms. The van der Waals surface area contributed by atoms with Crippen LogP contribution in [0.1, 0.15) is 73.3 Å². The van der Waals surface area contributed by atoms with Crippen LogP contribution in [-0.2, 0) is 19.2 Å². The molecule has 0 aliphatic heterocycles. The molecule has 1 aromatic carbocycles. The first-order valence-corrected chi connectivity index (χ1v) is 13.5. The average Bonchev–Trinajstić information content (AvgIpc) is 3.46. The minimum atomic E-state index is -1.59. The van der Waals surface area contributed by atoms with Crippen LogP contribution in [0.25, 0.3) is 11.3 Å². The minimum Gasteiger partial charge on any atom is -0.481 e. The van der Waals surface area contributed by atoms with Crippen molar-refractivity contribution in [3.8, 4) is 11.3 Å². The average molecular weight is 589 g/mol. The molecular weight excluding hydrogens is 552 g/mol. The Balaban J connectivity index is 1.98. The van der Waals surface area contributed by atoms with Gasteiger partial charge < -0.3 is 30.6 Å². The number of nitrogens with one attached hydrogen (secondary N) is 3. The number of hydroxylamine groups is 2. The fraction of sp³-hybridized carbons (Fsp3) is 0.429. The summed E-state index contributed by atoms with van der Waals surface area (Å²) in [5, 5.41) is 35.6. The molecule has 3 atom stereocenters. The first-order chi connectivity index (χ1) is 20.0. The number of carbonyl (C=O) groups excluding carboxylic acids is 4. The van der Waals surface area contributed by atoms with E-state index in [2.05, 4.69) is 16.0 Å². The lowest BCUT2D eigenvalue weighted by molar-refractivity contribution is -0.168. The number of aliphatic carboxylic acids is 2. The fourth-order valence-electron chi connectivity index (χ4n) is 4.29. The van der Waals surface area contributed by atoms with Gasteiger partial charge in [0.15, 0.2) is 5.76 Å². The van der Waals surface area contributed by atoms with Gasteiger partial charge in [-0.25, -0.2) is 9.86 Å². The van der Waals surface area contributed by atoms with E-state index < -0.39 is 54.1 Å². The summed E-state index contributed by atoms with van der Waals surface area (Å²) in [4.78, 5) is 70.9. The maximum absolute atomic E-state index is 12.9. The summed E-state index contributed by atoms with van der Waals surface area (Å²) in [6.45, 7) is 3.56. The van der Waals surface area contributed by atoms with Crippen molar-refractivity contribution in [2.24, 2.45) is 5.92 Å². The van der Waals surface area contributed by atoms with Crippen molar-refractivity contribution in [3.63, 3.8) is 0 Å². The fourth-order valence-corrected chi connectivity index (χ4v) is 4.29. The van der Waals surface area contributed by atoms with Crippen LogP contribution in [0.4, 0.5) is 0 Å². The molecule has 1 unspecified atom stereocenters. The van der Waals surface area contributed by atoms with Gasteiger partial charge in [-0.2, -0.15) is 0 Å². The number of hydrogen-bond acceptors (Lipinski definition) is 8. The van der Waals surface area contributed by atoms with Crippen molar-refractivity contribution in [2.75, 3.05) is 6.67 Å². The number of carbonyl (C=O) groups is 6. The molecule has 0 aliphatic carbocycles. The van der Waals surface area contributed by atoms with E-state index in [1.165, 1.54) is 36.4 Å². The molecule has 0 aliphatic rings. The third-order valence-electron chi connectivity index (χ3n) is 6.54. The monoisotopic (exact) mass is 588 g/mol. The van der Waals surface area contributed by atoms with Crippen LogP contribution in [0.3, 0.4) is 0 Å². The van der Waals surface area contributed by atoms with Crippen molar-refractivity contribution < 1.29 is 48.6 Å². The first-order valence-electron chi connectivity index (χ1n) is 13.5. The molecule has 0 radical (unpaired) electrons. The third kappa shape index (κ3) is 9.73. The standard InChI is InChI=1S/C28H36N4O10/c1-3-5-6-7-19(21(4-2)32(41)16-33)26(37)29-15-30-27(38)23-13-12-22(42-23)17-8-10-18(11-9-17)25(36)31-20(28(39)40)14-24(34)35/h8-13,16,19-21,41H,3-7,14-15H2,1-2H3,(H,29,37)(H,30,38)(H,31,36)(H,34,35)(H,39,40)/t19?,20-,21+/m0/s1. The van der Waals surface area contributed by atoms with Gasteiger partial charge in [0.1, 0.15) is 11.8 Å². The lowest BCUT2D eigenvalue weighted by Gasteiger charge is -2.29. The van der Waals surface area contributed by atoms with E-state index in [0.717, 1.165) is 19.3 Å². The highest BCUT2D eigenvalue weighted by Gasteiger charge is 2.30. The molecular formula is C28H36N4O10. The van der Waals surface area contributed by atoms with E-state index >= 15 is 0 Å². The molecule has 42 heavy (non-hydrogen) atoms. The van der Waals surface area contributed by atoms with Crippen molar-refractivity contribution in [1.82, 2.24) is 21.0 Å². The van der Waals surface area contributed by atoms with Crippen LogP contribution < -0.4 is 16.0 Å². The molecule has 2 rings (SSSR count). The van der Waals surface area contributed by atoms with E-state index in [4.69, 9.17) is 14.6 Å². The largest absolute Gasteiger partial charge is 0.481 e. The van der Waals surface area contributed by atoms with Gasteiger partial charge in [-0.3, -0.25) is 29.2 Å². The molecule has 4 amide bonds. The Kier molecular flexibility index (Phi) is 13.2. The van der Waals surface area contributed by atoms with E-state index in [9.17, 15) is 34.0 Å². The van der Waals surface area contributed by atoms with Gasteiger partial charge in [0.2, 0.25) is 12.3 Å². The second kappa shape index (κ2) is 16.5. The smallest absolute Gasteiger partial charge is 0.326 e. The Hall–Kier alpha value is -4.72. The lowest BCUT2D eigenvalue weighted by atomic mass is 9.90. The number of nitrogens with zero attached hydrogens (tertiary/aromatic N) is 1. The van der Waals surface area contributed by atoms with Crippen LogP contribution in [-0.4, -0.2) is 75.3 Å². The van der Waals surface area contributed by atoms with Gasteiger partial charge in [0.25, 0.3) is 11.8 Å². The van der Waals surface area contributed by atoms with Crippen molar-refractivity contribution in [2.45, 2.75) is 64.5 Å². The van der Waals surface area contributed by atoms with Gasteiger partial charge in [-0.1, -0.05) is 45.2 Å². The molecule has 1 aromatic heterocycles. The van der Waals surface area contributed by atoms with E-state index in [-0.39, 0.29) is 24.4 Å². The molecule has 0 saturated heterocycles. The van der Waals surface area contributed by atoms with Crippen molar-refractivity contribution >= 4 is 36.1 Å². The molecule has 1 heterocycles. The summed E-state index contributed by atoms with van der Waals surface area (Å²) in [7, 11) is 0. The topological polar surface area (TPSA) is 216 Å². The molecule has 2 aromatic rings. The predicted octanol–water partition coefficient (Wildman–Crippen LogP) is 2.23. The summed E-state index contributed by atoms with van der Waals surface area (Å²) in [5.74, 6) is -5.06. The Labute approximate surface area is 242 Å². The summed E-state index contributed by atoms with van der Waals surface area (Å²) >= 11 is 0. The quantitative estimate of drug-likeness (QED) is 0.0491. The summed E-state index contributed by atoms with van der Waals surface area (Å²) in [6.07, 6.45) is 2.87. The Morgan fingerprint density at radius 3 is 2.21 bits per heavy atom. The summed E-state index contributed by atoms with van der Waals surface area (Å²) < 4.78 is 5.60. The molecule has 14 nitrogen and oxygen atoms in total. The van der Waals surface area contributed by atoms with Crippen LogP contribution in [0.5, 0.6) is 0 Å². The zero-order valence-corrected chi connectivity index (χ0v) is 23.4. The van der Waals surface area contributed by atoms with Crippen LogP contribution in [0, 0.1) is 5.92 Å². The number of rotatable bonds is 18. The van der Waals surface area contributed by atoms with E-state index in [1.807, 2.05) is 6.92 Å². The van der Waals surface area contributed by atoms with Gasteiger partial charge in [0.05, 0.1) is 25.0 Å². The summed E-state index contributed by atoms with van der Waals surface area (Å²) in [6, 6.07) is 6.45. The van der Waals surface area contributed by atoms with Crippen molar-refractivity contribution in [3.05, 3.63) is 47.7 Å². The molecule has 228 valence electrons. The first kappa shape index (κ1) is 33.5. The Morgan fingerprint density at radius 2 is 1.64 bits per heavy atom. The highest BCUT2D eigenvalue weighted by molar-refractivity contribution is 5.97. The van der Waals surface area contributed by atoms with Gasteiger partial charge >= 0.3 is 11.9 Å². The number of carboxylic acid groups (broad SMARTS) is 2. The minimum absolute atomic E-state index is 0.0487. The zero-order chi connectivity index (χ0) is 31.2. The number of carboxylic acids is 2. The molecule has 6 N–H and O–H groups in total. The van der Waals surface area contributed by atoms with Gasteiger partial charge in [0, 0.05) is 11.1 Å². The van der Waals surface area contributed by atoms with Crippen molar-refractivity contribution in [1.29, 1.82) is 0 Å². The second-order valence-corrected chi connectivity index (χ2v) is 9.49. The lowest BCUT2D eigenvalue weighted by Crippen LogP contribution is -2.47. The van der Waals surface area contributed by atoms with Gasteiger partial charge in [-0.05, 0) is 37.1 Å². The maximum atomic E-state index is 12.9. The van der Waals surface area contributed by atoms with E-state index in [1.54, 1.807) is 6.92 Å². The molecule has 0 fully saturated rings. The van der Waals surface area contributed by atoms with Crippen LogP contribution in [0.2, 0.25) is 0 Å². The molecule has 0 saturated carbocycles. The number of hydrogen-bond donors (Lipinski definition) is 6. The van der Waals surface area contributed by atoms with Crippen LogP contribution in [0.15, 0.2) is 40.8 Å². The SMILES string of the molecule is CCCCCC(C(=O)NCNC(=O)c1ccc(-c2ccc(C(=O)N[C@@H](CC(=O)O)C(=O)O)cc2)o1)[C@@H](CC)N(O)C=O.